The third-order valence-corrected chi connectivity index (χ3v) is 6.92. The third kappa shape index (κ3) is 8.30. The topological polar surface area (TPSA) is 96.0 Å². The van der Waals surface area contributed by atoms with E-state index in [4.69, 9.17) is 27.9 Å². The van der Waals surface area contributed by atoms with Crippen LogP contribution >= 0.6 is 23.2 Å². The number of sulfonamides is 1. The SMILES string of the molecule is COc1ccc(N(CC(=O)N(Cc2ccc(Cl)c(Cl)c2)[C@H](C)C(=O)NC(C)(C)C)S(C)(=O)=O)cc1. The number of carbonyl (C=O) groups is 2. The molecule has 35 heavy (non-hydrogen) atoms. The summed E-state index contributed by atoms with van der Waals surface area (Å²) in [5.41, 5.74) is 0.410. The summed E-state index contributed by atoms with van der Waals surface area (Å²) in [6.07, 6.45) is 1.02. The molecular weight excluding hydrogens is 513 g/mol. The zero-order valence-corrected chi connectivity index (χ0v) is 23.0. The number of hydrogen-bond donors (Lipinski definition) is 1. The van der Waals surface area contributed by atoms with Gasteiger partial charge in [-0.25, -0.2) is 8.42 Å². The number of carbonyl (C=O) groups excluding carboxylic acids is 2. The summed E-state index contributed by atoms with van der Waals surface area (Å²) in [6.45, 7) is 6.61. The molecule has 0 unspecified atom stereocenters. The number of benzene rings is 2. The molecule has 11 heteroatoms. The first-order valence-electron chi connectivity index (χ1n) is 10.8. The molecule has 0 aliphatic rings. The molecule has 192 valence electrons. The van der Waals surface area contributed by atoms with Gasteiger partial charge in [-0.2, -0.15) is 0 Å². The number of nitrogens with one attached hydrogen (secondary N) is 1. The summed E-state index contributed by atoms with van der Waals surface area (Å²) >= 11 is 12.2. The highest BCUT2D eigenvalue weighted by atomic mass is 35.5. The first kappa shape index (κ1) is 28.7. The summed E-state index contributed by atoms with van der Waals surface area (Å²) in [6, 6.07) is 10.3. The Bertz CT molecular complexity index is 1160. The van der Waals surface area contributed by atoms with Crippen LogP contribution in [0.3, 0.4) is 0 Å². The molecule has 0 bridgehead atoms. The van der Waals surface area contributed by atoms with Crippen LogP contribution in [0.15, 0.2) is 42.5 Å². The molecule has 1 atom stereocenters. The Morgan fingerprint density at radius 3 is 2.14 bits per heavy atom. The van der Waals surface area contributed by atoms with Gasteiger partial charge < -0.3 is 15.0 Å². The van der Waals surface area contributed by atoms with Gasteiger partial charge in [0.05, 0.1) is 29.1 Å². The molecule has 2 rings (SSSR count). The van der Waals surface area contributed by atoms with Crippen molar-refractivity contribution in [3.63, 3.8) is 0 Å². The highest BCUT2D eigenvalue weighted by molar-refractivity contribution is 7.92. The molecule has 0 aliphatic heterocycles. The number of halogens is 2. The maximum Gasteiger partial charge on any atom is 0.244 e. The average molecular weight is 545 g/mol. The molecular formula is C24H31Cl2N3O5S. The molecule has 0 radical (unpaired) electrons. The van der Waals surface area contributed by atoms with Crippen molar-refractivity contribution in [3.8, 4) is 5.75 Å². The van der Waals surface area contributed by atoms with Gasteiger partial charge in [0.25, 0.3) is 0 Å². The van der Waals surface area contributed by atoms with Gasteiger partial charge in [0.2, 0.25) is 21.8 Å². The van der Waals surface area contributed by atoms with E-state index < -0.39 is 34.1 Å². The van der Waals surface area contributed by atoms with E-state index in [1.165, 1.54) is 12.0 Å². The van der Waals surface area contributed by atoms with E-state index in [2.05, 4.69) is 5.32 Å². The van der Waals surface area contributed by atoms with Crippen molar-refractivity contribution >= 4 is 50.7 Å². The summed E-state index contributed by atoms with van der Waals surface area (Å²) in [5, 5.41) is 3.52. The molecule has 1 N–H and O–H groups in total. The van der Waals surface area contributed by atoms with E-state index in [-0.39, 0.29) is 12.5 Å². The first-order chi connectivity index (χ1) is 16.1. The molecule has 0 saturated carbocycles. The summed E-state index contributed by atoms with van der Waals surface area (Å²) in [5.74, 6) is -0.391. The monoisotopic (exact) mass is 543 g/mol. The standard InChI is InChI=1S/C24H31Cl2N3O5S/c1-16(23(31)27-24(2,3)4)28(14-17-7-12-20(25)21(26)13-17)22(30)15-29(35(6,32)33)18-8-10-19(34-5)11-9-18/h7-13,16H,14-15H2,1-6H3,(H,27,31)/t16-/m1/s1. The second kappa shape index (κ2) is 11.5. The van der Waals surface area contributed by atoms with Crippen molar-refractivity contribution in [1.82, 2.24) is 10.2 Å². The number of hydrogen-bond acceptors (Lipinski definition) is 5. The molecule has 2 aromatic carbocycles. The fraction of sp³-hybridized carbons (Fsp3) is 0.417. The van der Waals surface area contributed by atoms with Crippen molar-refractivity contribution in [2.45, 2.75) is 45.8 Å². The Kier molecular flexibility index (Phi) is 9.44. The van der Waals surface area contributed by atoms with Crippen molar-refractivity contribution in [2.75, 3.05) is 24.2 Å². The van der Waals surface area contributed by atoms with Crippen LogP contribution in [0.5, 0.6) is 5.75 Å². The molecule has 2 amide bonds. The van der Waals surface area contributed by atoms with Crippen LogP contribution < -0.4 is 14.4 Å². The Hall–Kier alpha value is -2.49. The summed E-state index contributed by atoms with van der Waals surface area (Å²) < 4.78 is 31.3. The Balaban J connectivity index is 2.42. The van der Waals surface area contributed by atoms with E-state index in [0.717, 1.165) is 10.6 Å². The van der Waals surface area contributed by atoms with Gasteiger partial charge in [0.1, 0.15) is 18.3 Å². The fourth-order valence-electron chi connectivity index (χ4n) is 3.25. The lowest BCUT2D eigenvalue weighted by atomic mass is 10.1. The smallest absolute Gasteiger partial charge is 0.244 e. The highest BCUT2D eigenvalue weighted by Gasteiger charge is 2.31. The number of ether oxygens (including phenoxy) is 1. The first-order valence-corrected chi connectivity index (χ1v) is 13.4. The lowest BCUT2D eigenvalue weighted by molar-refractivity contribution is -0.140. The maximum atomic E-state index is 13.5. The van der Waals surface area contributed by atoms with E-state index in [0.29, 0.717) is 27.0 Å². The molecule has 0 heterocycles. The van der Waals surface area contributed by atoms with E-state index in [1.807, 2.05) is 20.8 Å². The van der Waals surface area contributed by atoms with Crippen molar-refractivity contribution in [1.29, 1.82) is 0 Å². The van der Waals surface area contributed by atoms with Gasteiger partial charge in [-0.1, -0.05) is 29.3 Å². The largest absolute Gasteiger partial charge is 0.497 e. The number of methoxy groups -OCH3 is 1. The van der Waals surface area contributed by atoms with E-state index in [9.17, 15) is 18.0 Å². The molecule has 0 spiro atoms. The quantitative estimate of drug-likeness (QED) is 0.513. The lowest BCUT2D eigenvalue weighted by Crippen LogP contribution is -2.54. The zero-order chi connectivity index (χ0) is 26.6. The minimum Gasteiger partial charge on any atom is -0.497 e. The predicted octanol–water partition coefficient (Wildman–Crippen LogP) is 4.10. The van der Waals surface area contributed by atoms with E-state index in [1.54, 1.807) is 49.4 Å². The summed E-state index contributed by atoms with van der Waals surface area (Å²) in [7, 11) is -2.32. The second-order valence-electron chi connectivity index (χ2n) is 9.15. The van der Waals surface area contributed by atoms with Gasteiger partial charge in [0, 0.05) is 12.1 Å². The van der Waals surface area contributed by atoms with E-state index >= 15 is 0 Å². The molecule has 0 saturated heterocycles. The third-order valence-electron chi connectivity index (χ3n) is 5.04. The predicted molar refractivity (Wildman–Crippen MR) is 140 cm³/mol. The lowest BCUT2D eigenvalue weighted by Gasteiger charge is -2.33. The van der Waals surface area contributed by atoms with Crippen LogP contribution in [0, 0.1) is 0 Å². The number of amides is 2. The number of anilines is 1. The molecule has 0 fully saturated rings. The fourth-order valence-corrected chi connectivity index (χ4v) is 4.42. The highest BCUT2D eigenvalue weighted by Crippen LogP contribution is 2.25. The Labute approximate surface area is 217 Å². The van der Waals surface area contributed by atoms with Crippen molar-refractivity contribution in [3.05, 3.63) is 58.1 Å². The van der Waals surface area contributed by atoms with Crippen LogP contribution in [0.25, 0.3) is 0 Å². The van der Waals surface area contributed by atoms with Gasteiger partial charge in [-0.15, -0.1) is 0 Å². The van der Waals surface area contributed by atoms with Crippen LogP contribution in [0.2, 0.25) is 10.0 Å². The van der Waals surface area contributed by atoms with Gasteiger partial charge >= 0.3 is 0 Å². The normalized spacial score (nSPS) is 12.6. The van der Waals surface area contributed by atoms with Crippen LogP contribution in [-0.4, -0.2) is 56.6 Å². The Morgan fingerprint density at radius 2 is 1.66 bits per heavy atom. The van der Waals surface area contributed by atoms with Crippen LogP contribution in [0.1, 0.15) is 33.3 Å². The van der Waals surface area contributed by atoms with Crippen LogP contribution in [0.4, 0.5) is 5.69 Å². The minimum absolute atomic E-state index is 0.0225. The Morgan fingerprint density at radius 1 is 1.06 bits per heavy atom. The van der Waals surface area contributed by atoms with Gasteiger partial charge in [-0.05, 0) is 69.7 Å². The maximum absolute atomic E-state index is 13.5. The second-order valence-corrected chi connectivity index (χ2v) is 11.9. The molecule has 0 aromatic heterocycles. The average Bonchev–Trinajstić information content (AvgIpc) is 2.75. The number of rotatable bonds is 9. The number of nitrogens with zero attached hydrogens (tertiary/aromatic N) is 2. The van der Waals surface area contributed by atoms with Gasteiger partial charge in [-0.3, -0.25) is 13.9 Å². The molecule has 2 aromatic rings. The van der Waals surface area contributed by atoms with Crippen molar-refractivity contribution in [2.24, 2.45) is 0 Å². The summed E-state index contributed by atoms with van der Waals surface area (Å²) in [4.78, 5) is 27.8. The minimum atomic E-state index is -3.82. The molecule has 8 nitrogen and oxygen atoms in total. The van der Waals surface area contributed by atoms with Crippen LogP contribution in [-0.2, 0) is 26.2 Å². The molecule has 0 aliphatic carbocycles. The zero-order valence-electron chi connectivity index (χ0n) is 20.6. The van der Waals surface area contributed by atoms with Crippen molar-refractivity contribution < 1.29 is 22.7 Å². The van der Waals surface area contributed by atoms with Gasteiger partial charge in [0.15, 0.2) is 0 Å².